The summed E-state index contributed by atoms with van der Waals surface area (Å²) >= 11 is 0. The number of nitrogens with one attached hydrogen (secondary N) is 1. The number of H-pyrrole nitrogens is 1. The number of aromatic amines is 1. The van der Waals surface area contributed by atoms with E-state index < -0.39 is 23.7 Å². The van der Waals surface area contributed by atoms with Crippen LogP contribution in [0, 0.1) is 6.92 Å². The highest BCUT2D eigenvalue weighted by Gasteiger charge is 2.43. The first kappa shape index (κ1) is 23.5. The number of nitrogens with zero attached hydrogens (tertiary/aromatic N) is 5. The lowest BCUT2D eigenvalue weighted by molar-refractivity contribution is -0.137. The fourth-order valence-electron chi connectivity index (χ4n) is 5.00. The Morgan fingerprint density at radius 1 is 1.29 bits per heavy atom. The highest BCUT2D eigenvalue weighted by Crippen LogP contribution is 2.44. The largest absolute Gasteiger partial charge is 0.462 e. The van der Waals surface area contributed by atoms with Crippen molar-refractivity contribution in [3.63, 3.8) is 0 Å². The number of aryl methyl sites for hydroxylation is 1. The van der Waals surface area contributed by atoms with Crippen molar-refractivity contribution >= 4 is 22.4 Å². The molecule has 13 heteroatoms. The summed E-state index contributed by atoms with van der Waals surface area (Å²) in [4.78, 5) is 11.7. The highest BCUT2D eigenvalue weighted by atomic mass is 19.4. The summed E-state index contributed by atoms with van der Waals surface area (Å²) in [6.07, 6.45) is -3.19. The van der Waals surface area contributed by atoms with Crippen molar-refractivity contribution in [2.75, 3.05) is 37.4 Å². The average Bonchev–Trinajstić information content (AvgIpc) is 3.32. The topological polar surface area (TPSA) is 96.2 Å². The molecule has 1 fully saturated rings. The summed E-state index contributed by atoms with van der Waals surface area (Å²) in [7, 11) is 1.59. The molecular formula is C22H24F5N7O. The second kappa shape index (κ2) is 8.18. The van der Waals surface area contributed by atoms with E-state index >= 15 is 0 Å². The number of likely N-dealkylation sites (N-methyl/N-ethyl adjacent to an activating group) is 1. The summed E-state index contributed by atoms with van der Waals surface area (Å²) in [5.41, 5.74) is 7.07. The second-order valence-corrected chi connectivity index (χ2v) is 9.17. The van der Waals surface area contributed by atoms with Crippen LogP contribution in [-0.2, 0) is 19.1 Å². The Kier molecular flexibility index (Phi) is 5.49. The molecule has 35 heavy (non-hydrogen) atoms. The molecule has 2 aliphatic heterocycles. The van der Waals surface area contributed by atoms with Crippen LogP contribution in [0.1, 0.15) is 28.8 Å². The van der Waals surface area contributed by atoms with Gasteiger partial charge >= 0.3 is 12.2 Å². The van der Waals surface area contributed by atoms with Gasteiger partial charge in [0.2, 0.25) is 0 Å². The number of fused-ring (bicyclic) bond motifs is 2. The van der Waals surface area contributed by atoms with Crippen LogP contribution in [0.25, 0.3) is 10.9 Å². The number of rotatable bonds is 4. The Bertz CT molecular complexity index is 1280. The molecule has 3 aromatic rings. The van der Waals surface area contributed by atoms with Crippen molar-refractivity contribution in [1.29, 1.82) is 0 Å². The number of nitrogen functional groups attached to an aromatic ring is 1. The lowest BCUT2D eigenvalue weighted by Gasteiger charge is -2.33. The number of aromatic nitrogens is 4. The van der Waals surface area contributed by atoms with Crippen LogP contribution in [0.4, 0.5) is 33.5 Å². The van der Waals surface area contributed by atoms with Gasteiger partial charge in [-0.25, -0.2) is 8.78 Å². The normalized spacial score (nSPS) is 20.4. The Hall–Kier alpha value is -3.22. The van der Waals surface area contributed by atoms with Gasteiger partial charge in [0.25, 0.3) is 5.92 Å². The smallest absolute Gasteiger partial charge is 0.418 e. The van der Waals surface area contributed by atoms with Gasteiger partial charge in [0.1, 0.15) is 12.4 Å². The van der Waals surface area contributed by atoms with Crippen LogP contribution in [0.2, 0.25) is 0 Å². The Labute approximate surface area is 197 Å². The molecule has 1 saturated heterocycles. The molecule has 4 heterocycles. The van der Waals surface area contributed by atoms with E-state index in [0.717, 1.165) is 0 Å². The summed E-state index contributed by atoms with van der Waals surface area (Å²) in [5.74, 6) is -2.62. The number of ether oxygens (including phenoxy) is 1. The molecule has 0 unspecified atom stereocenters. The first-order valence-corrected chi connectivity index (χ1v) is 11.1. The van der Waals surface area contributed by atoms with Gasteiger partial charge in [-0.15, -0.1) is 0 Å². The number of hydrogen-bond acceptors (Lipinski definition) is 7. The molecule has 2 aliphatic rings. The van der Waals surface area contributed by atoms with Crippen LogP contribution in [0.5, 0.6) is 6.01 Å². The van der Waals surface area contributed by atoms with Crippen molar-refractivity contribution in [2.45, 2.75) is 44.5 Å². The van der Waals surface area contributed by atoms with Crippen LogP contribution in [0.3, 0.4) is 0 Å². The van der Waals surface area contributed by atoms with Gasteiger partial charge in [0.15, 0.2) is 0 Å². The standard InChI is InChI=1S/C22H24F5N7O/c1-11-5-15-14(7-29-32-15)18(17(11)22(25,26)27)34-4-3-13-16(8-34)30-20(31-19(13)28)35-9-12-6-21(23,24)10-33(12)2/h5,7,12H,3-4,6,8-10H2,1-2H3,(H,29,32)(H2,28,30,31)/t12-/m0/s1. The summed E-state index contributed by atoms with van der Waals surface area (Å²) in [5, 5.41) is 7.03. The lowest BCUT2D eigenvalue weighted by Crippen LogP contribution is -2.34. The maximum absolute atomic E-state index is 14.1. The molecule has 2 aromatic heterocycles. The van der Waals surface area contributed by atoms with Gasteiger partial charge in [0.05, 0.1) is 41.7 Å². The number of nitrogens with two attached hydrogens (primary N) is 1. The minimum atomic E-state index is -4.57. The molecule has 3 N–H and O–H groups in total. The molecule has 0 bridgehead atoms. The molecular weight excluding hydrogens is 473 g/mol. The maximum Gasteiger partial charge on any atom is 0.418 e. The molecule has 5 rings (SSSR count). The van der Waals surface area contributed by atoms with E-state index in [4.69, 9.17) is 10.5 Å². The third-order valence-corrected chi connectivity index (χ3v) is 6.64. The zero-order valence-electron chi connectivity index (χ0n) is 19.1. The number of anilines is 2. The van der Waals surface area contributed by atoms with E-state index in [-0.39, 0.29) is 55.7 Å². The van der Waals surface area contributed by atoms with Gasteiger partial charge < -0.3 is 15.4 Å². The van der Waals surface area contributed by atoms with Crippen LogP contribution in [-0.4, -0.2) is 63.8 Å². The Morgan fingerprint density at radius 2 is 2.06 bits per heavy atom. The number of hydrogen-bond donors (Lipinski definition) is 2. The number of alkyl halides is 5. The van der Waals surface area contributed by atoms with Crippen molar-refractivity contribution < 1.29 is 26.7 Å². The number of halogens is 5. The summed E-state index contributed by atoms with van der Waals surface area (Å²) in [6, 6.07) is 0.834. The SMILES string of the molecule is Cc1cc2[nH]ncc2c(N2CCc3c(N)nc(OC[C@@H]4CC(F)(F)CN4C)nc3C2)c1C(F)(F)F. The average molecular weight is 497 g/mol. The number of benzene rings is 1. The van der Waals surface area contributed by atoms with Crippen LogP contribution >= 0.6 is 0 Å². The molecule has 8 nitrogen and oxygen atoms in total. The second-order valence-electron chi connectivity index (χ2n) is 9.17. The molecule has 1 aromatic carbocycles. The first-order chi connectivity index (χ1) is 16.4. The molecule has 1 atom stereocenters. The van der Waals surface area contributed by atoms with Crippen molar-refractivity contribution in [3.05, 3.63) is 34.6 Å². The minimum absolute atomic E-state index is 0.0290. The van der Waals surface area contributed by atoms with Crippen LogP contribution < -0.4 is 15.4 Å². The van der Waals surface area contributed by atoms with E-state index in [9.17, 15) is 22.0 Å². The van der Waals surface area contributed by atoms with E-state index in [2.05, 4.69) is 20.2 Å². The van der Waals surface area contributed by atoms with Crippen molar-refractivity contribution in [1.82, 2.24) is 25.1 Å². The van der Waals surface area contributed by atoms with E-state index in [1.54, 1.807) is 11.9 Å². The van der Waals surface area contributed by atoms with Crippen LogP contribution in [0.15, 0.2) is 12.3 Å². The fraction of sp³-hybridized carbons (Fsp3) is 0.500. The molecule has 188 valence electrons. The van der Waals surface area contributed by atoms with Gasteiger partial charge in [-0.1, -0.05) is 0 Å². The van der Waals surface area contributed by atoms with Crippen molar-refractivity contribution in [2.24, 2.45) is 0 Å². The van der Waals surface area contributed by atoms with Gasteiger partial charge in [-0.3, -0.25) is 10.00 Å². The molecule has 0 radical (unpaired) electrons. The molecule has 0 spiro atoms. The lowest BCUT2D eigenvalue weighted by atomic mass is 9.98. The molecule has 0 saturated carbocycles. The highest BCUT2D eigenvalue weighted by molar-refractivity contribution is 5.95. The summed E-state index contributed by atoms with van der Waals surface area (Å²) in [6.45, 7) is 1.33. The zero-order valence-corrected chi connectivity index (χ0v) is 19.1. The van der Waals surface area contributed by atoms with E-state index in [1.165, 1.54) is 24.1 Å². The molecule has 0 amide bonds. The predicted octanol–water partition coefficient (Wildman–Crippen LogP) is 3.54. The predicted molar refractivity (Wildman–Crippen MR) is 119 cm³/mol. The first-order valence-electron chi connectivity index (χ1n) is 11.1. The van der Waals surface area contributed by atoms with Gasteiger partial charge in [0, 0.05) is 30.0 Å². The Balaban J connectivity index is 1.45. The van der Waals surface area contributed by atoms with Gasteiger partial charge in [-0.05, 0) is 32.0 Å². The van der Waals surface area contributed by atoms with E-state index in [0.29, 0.717) is 28.6 Å². The summed E-state index contributed by atoms with van der Waals surface area (Å²) < 4.78 is 75.1. The zero-order chi connectivity index (χ0) is 25.1. The Morgan fingerprint density at radius 3 is 2.74 bits per heavy atom. The van der Waals surface area contributed by atoms with E-state index in [1.807, 2.05) is 0 Å². The molecule has 0 aliphatic carbocycles. The fourth-order valence-corrected chi connectivity index (χ4v) is 5.00. The minimum Gasteiger partial charge on any atom is -0.462 e. The van der Waals surface area contributed by atoms with Gasteiger partial charge in [-0.2, -0.15) is 28.2 Å². The van der Waals surface area contributed by atoms with Crippen molar-refractivity contribution in [3.8, 4) is 6.01 Å². The number of likely N-dealkylation sites (tertiary alicyclic amines) is 1. The maximum atomic E-state index is 14.1. The quantitative estimate of drug-likeness (QED) is 0.533. The monoisotopic (exact) mass is 497 g/mol. The third-order valence-electron chi connectivity index (χ3n) is 6.64. The third kappa shape index (κ3) is 4.32.